The predicted molar refractivity (Wildman–Crippen MR) is 59.6 cm³/mol. The molecule has 1 aliphatic rings. The molecule has 1 aliphatic heterocycles. The number of furan rings is 1. The highest BCUT2D eigenvalue weighted by Gasteiger charge is 2.19. The minimum Gasteiger partial charge on any atom is -0.465 e. The summed E-state index contributed by atoms with van der Waals surface area (Å²) in [6.45, 7) is 1.25. The lowest BCUT2D eigenvalue weighted by atomic mass is 10.1. The Balaban J connectivity index is 1.88. The zero-order chi connectivity index (χ0) is 11.4. The second-order valence-electron chi connectivity index (χ2n) is 3.91. The summed E-state index contributed by atoms with van der Waals surface area (Å²) in [6, 6.07) is 3.57. The van der Waals surface area contributed by atoms with Crippen molar-refractivity contribution in [3.63, 3.8) is 0 Å². The molecular weight excluding hydrogens is 206 g/mol. The smallest absolute Gasteiger partial charge is 0.246 e. The summed E-state index contributed by atoms with van der Waals surface area (Å²) in [4.78, 5) is 13.5. The van der Waals surface area contributed by atoms with Gasteiger partial charge in [0.25, 0.3) is 0 Å². The van der Waals surface area contributed by atoms with Crippen molar-refractivity contribution in [1.29, 1.82) is 0 Å². The molecule has 1 aromatic heterocycles. The largest absolute Gasteiger partial charge is 0.465 e. The number of rotatable bonds is 2. The summed E-state index contributed by atoms with van der Waals surface area (Å²) >= 11 is 0. The lowest BCUT2D eigenvalue weighted by Crippen LogP contribution is -2.39. The lowest BCUT2D eigenvalue weighted by molar-refractivity contribution is -0.127. The maximum absolute atomic E-state index is 11.7. The molecule has 0 radical (unpaired) electrons. The summed E-state index contributed by atoms with van der Waals surface area (Å²) in [5, 5.41) is 9.32. The van der Waals surface area contributed by atoms with E-state index >= 15 is 0 Å². The Labute approximate surface area is 94.2 Å². The van der Waals surface area contributed by atoms with Crippen LogP contribution < -0.4 is 0 Å². The first-order valence-corrected chi connectivity index (χ1v) is 5.44. The summed E-state index contributed by atoms with van der Waals surface area (Å²) in [6.07, 6.45) is 5.82. The van der Waals surface area contributed by atoms with E-state index in [1.54, 1.807) is 29.4 Å². The molecule has 1 amide bonds. The Hall–Kier alpha value is -1.55. The van der Waals surface area contributed by atoms with Crippen LogP contribution in [0.1, 0.15) is 18.6 Å². The van der Waals surface area contributed by atoms with E-state index < -0.39 is 0 Å². The van der Waals surface area contributed by atoms with E-state index in [-0.39, 0.29) is 12.0 Å². The van der Waals surface area contributed by atoms with Gasteiger partial charge in [0.05, 0.1) is 12.4 Å². The van der Waals surface area contributed by atoms with Gasteiger partial charge in [-0.05, 0) is 31.1 Å². The van der Waals surface area contributed by atoms with Gasteiger partial charge in [-0.15, -0.1) is 0 Å². The van der Waals surface area contributed by atoms with Crippen molar-refractivity contribution in [3.8, 4) is 0 Å². The third-order valence-corrected chi connectivity index (χ3v) is 2.71. The van der Waals surface area contributed by atoms with Gasteiger partial charge in [0.1, 0.15) is 5.76 Å². The van der Waals surface area contributed by atoms with Crippen LogP contribution >= 0.6 is 0 Å². The monoisotopic (exact) mass is 221 g/mol. The number of carbonyl (C=O) groups excluding carboxylic acids is 1. The van der Waals surface area contributed by atoms with Crippen molar-refractivity contribution in [2.45, 2.75) is 18.9 Å². The van der Waals surface area contributed by atoms with E-state index in [1.165, 1.54) is 6.08 Å². The maximum atomic E-state index is 11.7. The molecule has 16 heavy (non-hydrogen) atoms. The van der Waals surface area contributed by atoms with Gasteiger partial charge < -0.3 is 14.4 Å². The third-order valence-electron chi connectivity index (χ3n) is 2.71. The molecule has 1 fully saturated rings. The molecule has 0 aliphatic carbocycles. The molecule has 0 aromatic carbocycles. The number of amides is 1. The quantitative estimate of drug-likeness (QED) is 0.765. The number of aliphatic hydroxyl groups excluding tert-OH is 1. The minimum atomic E-state index is -0.252. The zero-order valence-corrected chi connectivity index (χ0v) is 9.00. The first-order valence-electron chi connectivity index (χ1n) is 5.44. The van der Waals surface area contributed by atoms with E-state index in [1.807, 2.05) is 0 Å². The number of nitrogens with zero attached hydrogens (tertiary/aromatic N) is 1. The van der Waals surface area contributed by atoms with Crippen LogP contribution in [-0.2, 0) is 4.79 Å². The van der Waals surface area contributed by atoms with E-state index in [0.29, 0.717) is 31.7 Å². The molecule has 2 rings (SSSR count). The summed E-state index contributed by atoms with van der Waals surface area (Å²) in [5.41, 5.74) is 0. The van der Waals surface area contributed by atoms with Gasteiger partial charge in [0, 0.05) is 19.2 Å². The highest BCUT2D eigenvalue weighted by Crippen LogP contribution is 2.11. The molecular formula is C12H15NO3. The van der Waals surface area contributed by atoms with Crippen molar-refractivity contribution in [2.75, 3.05) is 13.1 Å². The fraction of sp³-hybridized carbons (Fsp3) is 0.417. The molecule has 0 unspecified atom stereocenters. The van der Waals surface area contributed by atoms with Gasteiger partial charge in [0.15, 0.2) is 0 Å². The number of likely N-dealkylation sites (tertiary alicyclic amines) is 1. The highest BCUT2D eigenvalue weighted by molar-refractivity contribution is 5.91. The average molecular weight is 221 g/mol. The minimum absolute atomic E-state index is 0.0247. The molecule has 2 heterocycles. The first kappa shape index (κ1) is 11.0. The number of hydrogen-bond donors (Lipinski definition) is 1. The molecule has 0 atom stereocenters. The molecule has 4 nitrogen and oxygen atoms in total. The van der Waals surface area contributed by atoms with Crippen LogP contribution in [0.5, 0.6) is 0 Å². The van der Waals surface area contributed by atoms with Crippen LogP contribution in [0.15, 0.2) is 28.9 Å². The number of aliphatic hydroxyl groups is 1. The number of piperidine rings is 1. The van der Waals surface area contributed by atoms with Gasteiger partial charge in [-0.25, -0.2) is 0 Å². The zero-order valence-electron chi connectivity index (χ0n) is 9.00. The Bertz CT molecular complexity index is 362. The normalized spacial score (nSPS) is 18.2. The van der Waals surface area contributed by atoms with E-state index in [4.69, 9.17) is 4.42 Å². The van der Waals surface area contributed by atoms with Crippen molar-refractivity contribution in [2.24, 2.45) is 0 Å². The van der Waals surface area contributed by atoms with Crippen LogP contribution in [-0.4, -0.2) is 35.1 Å². The van der Waals surface area contributed by atoms with E-state index in [9.17, 15) is 9.90 Å². The van der Waals surface area contributed by atoms with Crippen LogP contribution in [0.3, 0.4) is 0 Å². The van der Waals surface area contributed by atoms with Crippen molar-refractivity contribution < 1.29 is 14.3 Å². The fourth-order valence-corrected chi connectivity index (χ4v) is 1.73. The number of hydrogen-bond acceptors (Lipinski definition) is 3. The Morgan fingerprint density at radius 1 is 1.50 bits per heavy atom. The Morgan fingerprint density at radius 3 is 2.88 bits per heavy atom. The van der Waals surface area contributed by atoms with Gasteiger partial charge in [0.2, 0.25) is 5.91 Å². The van der Waals surface area contributed by atoms with Crippen molar-refractivity contribution in [3.05, 3.63) is 30.2 Å². The second kappa shape index (κ2) is 4.99. The van der Waals surface area contributed by atoms with Gasteiger partial charge in [-0.2, -0.15) is 0 Å². The molecule has 1 saturated heterocycles. The molecule has 1 N–H and O–H groups in total. The van der Waals surface area contributed by atoms with E-state index in [2.05, 4.69) is 0 Å². The highest BCUT2D eigenvalue weighted by atomic mass is 16.3. The van der Waals surface area contributed by atoms with Crippen LogP contribution in [0.4, 0.5) is 0 Å². The molecule has 86 valence electrons. The van der Waals surface area contributed by atoms with Gasteiger partial charge >= 0.3 is 0 Å². The predicted octanol–water partition coefficient (Wildman–Crippen LogP) is 1.28. The molecule has 4 heteroatoms. The Kier molecular flexibility index (Phi) is 3.41. The summed E-state index contributed by atoms with van der Waals surface area (Å²) < 4.78 is 5.09. The first-order chi connectivity index (χ1) is 7.75. The van der Waals surface area contributed by atoms with Gasteiger partial charge in [-0.3, -0.25) is 4.79 Å². The SMILES string of the molecule is O=C(/C=C/c1ccco1)N1CCC(O)CC1. The number of carbonyl (C=O) groups is 1. The topological polar surface area (TPSA) is 53.7 Å². The van der Waals surface area contributed by atoms with E-state index in [0.717, 1.165) is 0 Å². The molecule has 0 bridgehead atoms. The van der Waals surface area contributed by atoms with Crippen molar-refractivity contribution >= 4 is 12.0 Å². The third kappa shape index (κ3) is 2.73. The van der Waals surface area contributed by atoms with Gasteiger partial charge in [-0.1, -0.05) is 0 Å². The molecule has 0 saturated carbocycles. The summed E-state index contributed by atoms with van der Waals surface area (Å²) in [5.74, 6) is 0.647. The summed E-state index contributed by atoms with van der Waals surface area (Å²) in [7, 11) is 0. The molecule has 0 spiro atoms. The lowest BCUT2D eigenvalue weighted by Gasteiger charge is -2.28. The standard InChI is InChI=1S/C12H15NO3/c14-10-5-7-13(8-6-10)12(15)4-3-11-2-1-9-16-11/h1-4,9-10,14H,5-8H2/b4-3+. The van der Waals surface area contributed by atoms with Crippen LogP contribution in [0.2, 0.25) is 0 Å². The Morgan fingerprint density at radius 2 is 2.25 bits per heavy atom. The fourth-order valence-electron chi connectivity index (χ4n) is 1.73. The average Bonchev–Trinajstić information content (AvgIpc) is 2.80. The maximum Gasteiger partial charge on any atom is 0.246 e. The van der Waals surface area contributed by atoms with Crippen LogP contribution in [0, 0.1) is 0 Å². The second-order valence-corrected chi connectivity index (χ2v) is 3.91. The van der Waals surface area contributed by atoms with Crippen molar-refractivity contribution in [1.82, 2.24) is 4.90 Å². The molecule has 1 aromatic rings. The van der Waals surface area contributed by atoms with Crippen LogP contribution in [0.25, 0.3) is 6.08 Å².